The number of carbonyl (C=O) groups is 1. The van der Waals surface area contributed by atoms with Crippen molar-refractivity contribution in [2.75, 3.05) is 7.11 Å². The summed E-state index contributed by atoms with van der Waals surface area (Å²) in [7, 11) is 1.19. The first-order chi connectivity index (χ1) is 9.51. The summed E-state index contributed by atoms with van der Waals surface area (Å²) in [5.74, 6) is -1.40. The van der Waals surface area contributed by atoms with Gasteiger partial charge in [0, 0.05) is 16.7 Å². The normalized spacial score (nSPS) is 10.3. The van der Waals surface area contributed by atoms with Crippen LogP contribution in [0.3, 0.4) is 0 Å². The first-order valence-electron chi connectivity index (χ1n) is 5.74. The van der Waals surface area contributed by atoms with E-state index in [0.29, 0.717) is 5.56 Å². The average Bonchev–Trinajstić information content (AvgIpc) is 2.42. The van der Waals surface area contributed by atoms with E-state index in [2.05, 4.69) is 20.7 Å². The van der Waals surface area contributed by atoms with Crippen molar-refractivity contribution >= 4 is 21.9 Å². The van der Waals surface area contributed by atoms with E-state index >= 15 is 0 Å². The third-order valence-corrected chi connectivity index (χ3v) is 3.21. The number of halogens is 2. The Labute approximate surface area is 122 Å². The van der Waals surface area contributed by atoms with Crippen LogP contribution in [0.2, 0.25) is 0 Å². The molecule has 0 N–H and O–H groups in total. The van der Waals surface area contributed by atoms with Gasteiger partial charge in [-0.1, -0.05) is 6.07 Å². The maximum absolute atomic E-state index is 13.8. The molecule has 2 aromatic rings. The minimum atomic E-state index is -0.728. The lowest BCUT2D eigenvalue weighted by molar-refractivity contribution is 0.0595. The van der Waals surface area contributed by atoms with Crippen LogP contribution in [0.25, 0.3) is 0 Å². The molecule has 4 nitrogen and oxygen atoms in total. The molecule has 0 bridgehead atoms. The van der Waals surface area contributed by atoms with E-state index in [-0.39, 0.29) is 17.7 Å². The number of rotatable bonds is 3. The highest BCUT2D eigenvalue weighted by molar-refractivity contribution is 9.10. The van der Waals surface area contributed by atoms with Crippen molar-refractivity contribution < 1.29 is 13.9 Å². The Morgan fingerprint density at radius 2 is 2.10 bits per heavy atom. The van der Waals surface area contributed by atoms with Crippen LogP contribution in [0.1, 0.15) is 15.9 Å². The van der Waals surface area contributed by atoms with Gasteiger partial charge in [0.1, 0.15) is 5.82 Å². The van der Waals surface area contributed by atoms with Crippen LogP contribution < -0.4 is 5.56 Å². The number of carbonyl (C=O) groups excluding carboxylic acids is 1. The van der Waals surface area contributed by atoms with E-state index in [4.69, 9.17) is 0 Å². The van der Waals surface area contributed by atoms with Gasteiger partial charge < -0.3 is 9.30 Å². The standard InChI is InChI=1S/C14H11BrFNO3/c1-20-14(19)11-4-2-9(6-12(11)16)7-17-8-10(15)3-5-13(17)18/h2-6,8H,7H2,1H3. The third-order valence-electron chi connectivity index (χ3n) is 2.74. The lowest BCUT2D eigenvalue weighted by atomic mass is 10.1. The van der Waals surface area contributed by atoms with Gasteiger partial charge in [-0.15, -0.1) is 0 Å². The maximum atomic E-state index is 13.8. The van der Waals surface area contributed by atoms with E-state index in [1.807, 2.05) is 0 Å². The molecule has 0 aliphatic rings. The summed E-state index contributed by atoms with van der Waals surface area (Å²) < 4.78 is 20.4. The zero-order valence-electron chi connectivity index (χ0n) is 10.6. The third kappa shape index (κ3) is 3.14. The molecule has 1 aromatic heterocycles. The molecule has 0 aliphatic carbocycles. The lowest BCUT2D eigenvalue weighted by Gasteiger charge is -2.08. The van der Waals surface area contributed by atoms with Gasteiger partial charge in [0.2, 0.25) is 0 Å². The summed E-state index contributed by atoms with van der Waals surface area (Å²) in [6, 6.07) is 7.21. The molecule has 0 spiro atoms. The van der Waals surface area contributed by atoms with Gasteiger partial charge in [-0.2, -0.15) is 0 Å². The zero-order valence-corrected chi connectivity index (χ0v) is 12.2. The minimum absolute atomic E-state index is 0.127. The molecule has 1 heterocycles. The number of ether oxygens (including phenoxy) is 1. The first-order valence-corrected chi connectivity index (χ1v) is 6.53. The highest BCUT2D eigenvalue weighted by Crippen LogP contribution is 2.13. The van der Waals surface area contributed by atoms with Crippen molar-refractivity contribution in [2.24, 2.45) is 0 Å². The molecule has 6 heteroatoms. The minimum Gasteiger partial charge on any atom is -0.465 e. The molecule has 0 radical (unpaired) electrons. The van der Waals surface area contributed by atoms with Crippen molar-refractivity contribution in [3.8, 4) is 0 Å². The van der Waals surface area contributed by atoms with Gasteiger partial charge in [0.15, 0.2) is 0 Å². The quantitative estimate of drug-likeness (QED) is 0.807. The van der Waals surface area contributed by atoms with Crippen molar-refractivity contribution in [3.63, 3.8) is 0 Å². The van der Waals surface area contributed by atoms with Crippen LogP contribution in [0, 0.1) is 5.82 Å². The van der Waals surface area contributed by atoms with Crippen LogP contribution >= 0.6 is 15.9 Å². The van der Waals surface area contributed by atoms with Gasteiger partial charge in [-0.25, -0.2) is 9.18 Å². The van der Waals surface area contributed by atoms with E-state index in [0.717, 1.165) is 4.47 Å². The Morgan fingerprint density at radius 1 is 1.35 bits per heavy atom. The van der Waals surface area contributed by atoms with Gasteiger partial charge in [-0.05, 0) is 39.7 Å². The Bertz CT molecular complexity index is 712. The van der Waals surface area contributed by atoms with Gasteiger partial charge >= 0.3 is 5.97 Å². The fraction of sp³-hybridized carbons (Fsp3) is 0.143. The number of nitrogens with zero attached hydrogens (tertiary/aromatic N) is 1. The SMILES string of the molecule is COC(=O)c1ccc(Cn2cc(Br)ccc2=O)cc1F. The fourth-order valence-electron chi connectivity index (χ4n) is 1.75. The van der Waals surface area contributed by atoms with Crippen LogP contribution in [0.4, 0.5) is 4.39 Å². The second kappa shape index (κ2) is 6.00. The van der Waals surface area contributed by atoms with Gasteiger partial charge in [0.05, 0.1) is 19.2 Å². The molecule has 0 atom stereocenters. The van der Waals surface area contributed by atoms with E-state index in [1.165, 1.54) is 29.9 Å². The highest BCUT2D eigenvalue weighted by atomic mass is 79.9. The van der Waals surface area contributed by atoms with E-state index in [1.54, 1.807) is 18.3 Å². The van der Waals surface area contributed by atoms with E-state index in [9.17, 15) is 14.0 Å². The topological polar surface area (TPSA) is 48.3 Å². The number of aromatic nitrogens is 1. The van der Waals surface area contributed by atoms with E-state index < -0.39 is 11.8 Å². The number of hydrogen-bond donors (Lipinski definition) is 0. The number of esters is 1. The van der Waals surface area contributed by atoms with Crippen LogP contribution in [-0.2, 0) is 11.3 Å². The largest absolute Gasteiger partial charge is 0.465 e. The van der Waals surface area contributed by atoms with Crippen molar-refractivity contribution in [3.05, 3.63) is 68.3 Å². The van der Waals surface area contributed by atoms with Crippen molar-refractivity contribution in [1.29, 1.82) is 0 Å². The summed E-state index contributed by atoms with van der Waals surface area (Å²) in [5.41, 5.74) is 0.263. The summed E-state index contributed by atoms with van der Waals surface area (Å²) >= 11 is 3.27. The maximum Gasteiger partial charge on any atom is 0.340 e. The Balaban J connectivity index is 2.31. The van der Waals surface area contributed by atoms with Crippen LogP contribution in [-0.4, -0.2) is 17.6 Å². The number of hydrogen-bond acceptors (Lipinski definition) is 3. The summed E-state index contributed by atoms with van der Waals surface area (Å²) in [6.07, 6.45) is 1.62. The second-order valence-electron chi connectivity index (χ2n) is 4.12. The van der Waals surface area contributed by atoms with Gasteiger partial charge in [0.25, 0.3) is 5.56 Å². The Kier molecular flexibility index (Phi) is 4.34. The molecule has 0 saturated heterocycles. The zero-order chi connectivity index (χ0) is 14.7. The molecule has 0 aliphatic heterocycles. The fourth-order valence-corrected chi connectivity index (χ4v) is 2.13. The smallest absolute Gasteiger partial charge is 0.340 e. The molecule has 2 rings (SSSR count). The van der Waals surface area contributed by atoms with Crippen LogP contribution in [0.5, 0.6) is 0 Å². The van der Waals surface area contributed by atoms with Crippen molar-refractivity contribution in [1.82, 2.24) is 4.57 Å². The van der Waals surface area contributed by atoms with Crippen LogP contribution in [0.15, 0.2) is 45.8 Å². The second-order valence-corrected chi connectivity index (χ2v) is 5.03. The summed E-state index contributed by atoms with van der Waals surface area (Å²) in [4.78, 5) is 22.9. The molecule has 0 fully saturated rings. The van der Waals surface area contributed by atoms with Crippen molar-refractivity contribution in [2.45, 2.75) is 6.54 Å². The molecule has 1 aromatic carbocycles. The lowest BCUT2D eigenvalue weighted by Crippen LogP contribution is -2.19. The molecule has 0 unspecified atom stereocenters. The molecule has 20 heavy (non-hydrogen) atoms. The molecule has 0 amide bonds. The summed E-state index contributed by atoms with van der Waals surface area (Å²) in [6.45, 7) is 0.219. The average molecular weight is 340 g/mol. The molecule has 104 valence electrons. The summed E-state index contributed by atoms with van der Waals surface area (Å²) in [5, 5.41) is 0. The van der Waals surface area contributed by atoms with Gasteiger partial charge in [-0.3, -0.25) is 4.79 Å². The molecule has 0 saturated carbocycles. The number of benzene rings is 1. The number of pyridine rings is 1. The monoisotopic (exact) mass is 339 g/mol. The predicted molar refractivity (Wildman–Crippen MR) is 75.2 cm³/mol. The Hall–Kier alpha value is -1.95. The first kappa shape index (κ1) is 14.5. The number of methoxy groups -OCH3 is 1. The highest BCUT2D eigenvalue weighted by Gasteiger charge is 2.12. The molecular formula is C14H11BrFNO3. The molecular weight excluding hydrogens is 329 g/mol. The predicted octanol–water partition coefficient (Wildman–Crippen LogP) is 2.58. The Morgan fingerprint density at radius 3 is 2.75 bits per heavy atom.